The Morgan fingerprint density at radius 3 is 2.67 bits per heavy atom. The monoisotopic (exact) mass is 343 g/mol. The van der Waals surface area contributed by atoms with Crippen LogP contribution in [0.25, 0.3) is 0 Å². The van der Waals surface area contributed by atoms with Gasteiger partial charge in [-0.3, -0.25) is 0 Å². The first-order chi connectivity index (χ1) is 11.6. The van der Waals surface area contributed by atoms with Crippen molar-refractivity contribution in [1.82, 2.24) is 5.32 Å². The van der Waals surface area contributed by atoms with Crippen molar-refractivity contribution in [2.24, 2.45) is 0 Å². The molecule has 1 aliphatic rings. The van der Waals surface area contributed by atoms with E-state index >= 15 is 0 Å². The minimum absolute atomic E-state index is 0.331. The van der Waals surface area contributed by atoms with E-state index in [0.717, 1.165) is 23.6 Å². The average molecular weight is 344 g/mol. The molecule has 0 heterocycles. The summed E-state index contributed by atoms with van der Waals surface area (Å²) < 4.78 is 0. The van der Waals surface area contributed by atoms with Crippen molar-refractivity contribution < 1.29 is 9.90 Å². The van der Waals surface area contributed by atoms with Crippen LogP contribution < -0.4 is 5.32 Å². The number of benzene rings is 2. The summed E-state index contributed by atoms with van der Waals surface area (Å²) in [5.41, 5.74) is 2.78. The molecular weight excluding hydrogens is 322 g/mol. The lowest BCUT2D eigenvalue weighted by molar-refractivity contribution is 0.0697. The highest BCUT2D eigenvalue weighted by molar-refractivity contribution is 6.30. The van der Waals surface area contributed by atoms with Crippen LogP contribution >= 0.6 is 11.6 Å². The molecule has 0 bridgehead atoms. The minimum Gasteiger partial charge on any atom is -0.478 e. The Balaban J connectivity index is 1.56. The molecule has 2 unspecified atom stereocenters. The second-order valence-electron chi connectivity index (χ2n) is 6.50. The van der Waals surface area contributed by atoms with Gasteiger partial charge in [-0.05, 0) is 60.6 Å². The molecule has 1 saturated carbocycles. The maximum Gasteiger partial charge on any atom is 0.335 e. The van der Waals surface area contributed by atoms with E-state index in [1.807, 2.05) is 24.3 Å². The van der Waals surface area contributed by atoms with Gasteiger partial charge in [-0.2, -0.15) is 0 Å². The highest BCUT2D eigenvalue weighted by atomic mass is 35.5. The van der Waals surface area contributed by atoms with Crippen LogP contribution in [0.4, 0.5) is 0 Å². The van der Waals surface area contributed by atoms with E-state index in [9.17, 15) is 4.79 Å². The molecule has 2 N–H and O–H groups in total. The zero-order valence-electron chi connectivity index (χ0n) is 13.5. The van der Waals surface area contributed by atoms with E-state index in [-0.39, 0.29) is 0 Å². The van der Waals surface area contributed by atoms with Gasteiger partial charge >= 0.3 is 5.97 Å². The molecule has 2 aromatic rings. The normalized spacial score (nSPS) is 20.7. The zero-order valence-corrected chi connectivity index (χ0v) is 14.3. The summed E-state index contributed by atoms with van der Waals surface area (Å²) in [5, 5.41) is 13.4. The standard InChI is InChI=1S/C20H22ClNO2/c21-18-5-1-3-16(11-18)17-4-2-6-19(12-17)22-13-14-7-9-15(10-8-14)20(23)24/h1,3,5,7-11,17,19,22H,2,4,6,12-13H2,(H,23,24). The van der Waals surface area contributed by atoms with Crippen molar-refractivity contribution in [1.29, 1.82) is 0 Å². The van der Waals surface area contributed by atoms with Crippen molar-refractivity contribution in [2.75, 3.05) is 0 Å². The Bertz CT molecular complexity index is 699. The van der Waals surface area contributed by atoms with Gasteiger partial charge in [0.05, 0.1) is 5.56 Å². The summed E-state index contributed by atoms with van der Waals surface area (Å²) in [7, 11) is 0. The van der Waals surface area contributed by atoms with Crippen molar-refractivity contribution >= 4 is 17.6 Å². The van der Waals surface area contributed by atoms with Crippen LogP contribution in [-0.2, 0) is 6.54 Å². The van der Waals surface area contributed by atoms with E-state index in [1.165, 1.54) is 24.8 Å². The SMILES string of the molecule is O=C(O)c1ccc(CNC2CCCC(c3cccc(Cl)c3)C2)cc1. The number of rotatable bonds is 5. The summed E-state index contributed by atoms with van der Waals surface area (Å²) in [6.45, 7) is 0.771. The first kappa shape index (κ1) is 17.0. The molecule has 3 rings (SSSR count). The molecule has 0 saturated heterocycles. The first-order valence-corrected chi connectivity index (χ1v) is 8.80. The van der Waals surface area contributed by atoms with Gasteiger partial charge in [0.2, 0.25) is 0 Å². The maximum absolute atomic E-state index is 10.9. The van der Waals surface area contributed by atoms with Crippen molar-refractivity contribution in [3.8, 4) is 0 Å². The van der Waals surface area contributed by atoms with Gasteiger partial charge in [0.25, 0.3) is 0 Å². The van der Waals surface area contributed by atoms with Crippen LogP contribution in [-0.4, -0.2) is 17.1 Å². The molecule has 2 aromatic carbocycles. The first-order valence-electron chi connectivity index (χ1n) is 8.43. The van der Waals surface area contributed by atoms with Crippen LogP contribution in [0.2, 0.25) is 5.02 Å². The van der Waals surface area contributed by atoms with Gasteiger partial charge in [0.1, 0.15) is 0 Å². The number of carbonyl (C=O) groups is 1. The van der Waals surface area contributed by atoms with Gasteiger partial charge in [-0.25, -0.2) is 4.79 Å². The Labute approximate surface area is 147 Å². The Kier molecular flexibility index (Phi) is 5.54. The Hall–Kier alpha value is -1.84. The molecule has 24 heavy (non-hydrogen) atoms. The van der Waals surface area contributed by atoms with Crippen molar-refractivity contribution in [3.63, 3.8) is 0 Å². The fourth-order valence-corrected chi connectivity index (χ4v) is 3.66. The van der Waals surface area contributed by atoms with Gasteiger partial charge in [0, 0.05) is 17.6 Å². The number of carboxylic acids is 1. The van der Waals surface area contributed by atoms with Crippen molar-refractivity contribution in [2.45, 2.75) is 44.2 Å². The topological polar surface area (TPSA) is 49.3 Å². The number of halogens is 1. The lowest BCUT2D eigenvalue weighted by atomic mass is 9.81. The van der Waals surface area contributed by atoms with E-state index in [4.69, 9.17) is 16.7 Å². The van der Waals surface area contributed by atoms with Gasteiger partial charge in [-0.15, -0.1) is 0 Å². The maximum atomic E-state index is 10.9. The molecule has 4 heteroatoms. The third-order valence-corrected chi connectivity index (χ3v) is 5.03. The minimum atomic E-state index is -0.883. The molecule has 0 radical (unpaired) electrons. The summed E-state index contributed by atoms with van der Waals surface area (Å²) >= 11 is 6.12. The quantitative estimate of drug-likeness (QED) is 0.815. The van der Waals surface area contributed by atoms with E-state index in [2.05, 4.69) is 17.4 Å². The molecule has 0 spiro atoms. The second kappa shape index (κ2) is 7.82. The predicted molar refractivity (Wildman–Crippen MR) is 96.7 cm³/mol. The van der Waals surface area contributed by atoms with E-state index < -0.39 is 5.97 Å². The smallest absolute Gasteiger partial charge is 0.335 e. The van der Waals surface area contributed by atoms with Gasteiger partial charge in [0.15, 0.2) is 0 Å². The van der Waals surface area contributed by atoms with Crippen LogP contribution in [0, 0.1) is 0 Å². The highest BCUT2D eigenvalue weighted by Crippen LogP contribution is 2.34. The van der Waals surface area contributed by atoms with E-state index in [1.54, 1.807) is 12.1 Å². The average Bonchev–Trinajstić information content (AvgIpc) is 2.60. The van der Waals surface area contributed by atoms with Crippen LogP contribution in [0.5, 0.6) is 0 Å². The fourth-order valence-electron chi connectivity index (χ4n) is 3.47. The van der Waals surface area contributed by atoms with Gasteiger partial charge < -0.3 is 10.4 Å². The lowest BCUT2D eigenvalue weighted by Crippen LogP contribution is -2.33. The number of aromatic carboxylic acids is 1. The molecule has 2 atom stereocenters. The second-order valence-corrected chi connectivity index (χ2v) is 6.93. The summed E-state index contributed by atoms with van der Waals surface area (Å²) in [5.74, 6) is -0.324. The number of hydrogen-bond donors (Lipinski definition) is 2. The third-order valence-electron chi connectivity index (χ3n) is 4.79. The van der Waals surface area contributed by atoms with Crippen LogP contribution in [0.15, 0.2) is 48.5 Å². The molecule has 1 fully saturated rings. The molecule has 0 aliphatic heterocycles. The summed E-state index contributed by atoms with van der Waals surface area (Å²) in [6, 6.07) is 15.8. The van der Waals surface area contributed by atoms with E-state index in [0.29, 0.717) is 17.5 Å². The Morgan fingerprint density at radius 2 is 1.96 bits per heavy atom. The number of hydrogen-bond acceptors (Lipinski definition) is 2. The Morgan fingerprint density at radius 1 is 1.17 bits per heavy atom. The highest BCUT2D eigenvalue weighted by Gasteiger charge is 2.23. The van der Waals surface area contributed by atoms with Gasteiger partial charge in [-0.1, -0.05) is 42.3 Å². The largest absolute Gasteiger partial charge is 0.478 e. The predicted octanol–water partition coefficient (Wildman–Crippen LogP) is 4.85. The van der Waals surface area contributed by atoms with Crippen molar-refractivity contribution in [3.05, 3.63) is 70.2 Å². The molecule has 1 aliphatic carbocycles. The van der Waals surface area contributed by atoms with Crippen LogP contribution in [0.1, 0.15) is 53.1 Å². The molecule has 0 aromatic heterocycles. The third kappa shape index (κ3) is 4.37. The zero-order chi connectivity index (χ0) is 16.9. The number of carboxylic acid groups (broad SMARTS) is 1. The fraction of sp³-hybridized carbons (Fsp3) is 0.350. The molecule has 3 nitrogen and oxygen atoms in total. The molecule has 0 amide bonds. The molecular formula is C20H22ClNO2. The summed E-state index contributed by atoms with van der Waals surface area (Å²) in [6.07, 6.45) is 4.73. The summed E-state index contributed by atoms with van der Waals surface area (Å²) in [4.78, 5) is 10.9. The lowest BCUT2D eigenvalue weighted by Gasteiger charge is -2.30. The molecule has 126 valence electrons. The van der Waals surface area contributed by atoms with Crippen LogP contribution in [0.3, 0.4) is 0 Å². The number of nitrogens with one attached hydrogen (secondary N) is 1.